The summed E-state index contributed by atoms with van der Waals surface area (Å²) in [6.07, 6.45) is 5.99. The molecule has 0 unspecified atom stereocenters. The first-order valence-electron chi connectivity index (χ1n) is 4.64. The summed E-state index contributed by atoms with van der Waals surface area (Å²) in [4.78, 5) is 11.5. The number of hydrogen-bond donors (Lipinski definition) is 0. The Labute approximate surface area is 80.8 Å². The van der Waals surface area contributed by atoms with Crippen molar-refractivity contribution in [1.29, 1.82) is 0 Å². The molecule has 0 radical (unpaired) electrons. The molecule has 0 aliphatic heterocycles. The molecule has 0 atom stereocenters. The molecule has 0 heterocycles. The molecule has 0 aliphatic rings. The van der Waals surface area contributed by atoms with Crippen LogP contribution in [0, 0.1) is 0 Å². The summed E-state index contributed by atoms with van der Waals surface area (Å²) in [5.74, 6) is 0.167. The Morgan fingerprint density at radius 3 is 2.46 bits per heavy atom. The van der Waals surface area contributed by atoms with E-state index in [0.29, 0.717) is 12.0 Å². The Hall–Kier alpha value is -1.11. The van der Waals surface area contributed by atoms with Gasteiger partial charge in [-0.25, -0.2) is 0 Å². The highest BCUT2D eigenvalue weighted by Gasteiger charge is 2.04. The number of Topliss-reactive ketones (excluding diaryl/α,β-unsaturated/α-hetero) is 1. The largest absolute Gasteiger partial charge is 0.294 e. The summed E-state index contributed by atoms with van der Waals surface area (Å²) in [7, 11) is 0. The van der Waals surface area contributed by atoms with Gasteiger partial charge in [-0.3, -0.25) is 4.79 Å². The lowest BCUT2D eigenvalue weighted by atomic mass is 10.0. The van der Waals surface area contributed by atoms with Crippen LogP contribution in [0.15, 0.2) is 36.5 Å². The molecule has 0 saturated carbocycles. The fourth-order valence-corrected chi connectivity index (χ4v) is 1.00. The number of carbonyl (C=O) groups is 1. The van der Waals surface area contributed by atoms with E-state index in [9.17, 15) is 4.79 Å². The highest BCUT2D eigenvalue weighted by Crippen LogP contribution is 2.08. The predicted molar refractivity (Wildman–Crippen MR) is 57.6 cm³/mol. The van der Waals surface area contributed by atoms with Gasteiger partial charge in [0.1, 0.15) is 0 Å². The predicted octanol–water partition coefficient (Wildman–Crippen LogP) is 3.43. The van der Waals surface area contributed by atoms with Crippen LogP contribution in [0.3, 0.4) is 0 Å². The molecule has 0 saturated heterocycles. The van der Waals surface area contributed by atoms with Gasteiger partial charge in [-0.05, 0) is 19.4 Å². The zero-order valence-electron chi connectivity index (χ0n) is 8.60. The third-order valence-electron chi connectivity index (χ3n) is 1.70. The van der Waals surface area contributed by atoms with Crippen molar-refractivity contribution in [3.63, 3.8) is 0 Å². The molecule has 0 bridgehead atoms. The van der Waals surface area contributed by atoms with Crippen molar-refractivity contribution in [2.45, 2.75) is 33.1 Å². The first kappa shape index (κ1) is 11.9. The quantitative estimate of drug-likeness (QED) is 0.450. The molecule has 0 spiro atoms. The summed E-state index contributed by atoms with van der Waals surface area (Å²) in [5.41, 5.74) is 1.57. The van der Waals surface area contributed by atoms with Gasteiger partial charge in [-0.1, -0.05) is 38.2 Å². The normalized spacial score (nSPS) is 11.1. The summed E-state index contributed by atoms with van der Waals surface area (Å²) < 4.78 is 0. The average molecular weight is 178 g/mol. The lowest BCUT2D eigenvalue weighted by molar-refractivity contribution is -0.115. The molecule has 1 heteroatoms. The van der Waals surface area contributed by atoms with Crippen molar-refractivity contribution in [3.05, 3.63) is 36.5 Å². The molecule has 13 heavy (non-hydrogen) atoms. The molecule has 0 fully saturated rings. The Balaban J connectivity index is 4.32. The monoisotopic (exact) mass is 178 g/mol. The molecule has 72 valence electrons. The van der Waals surface area contributed by atoms with Crippen LogP contribution < -0.4 is 0 Å². The summed E-state index contributed by atoms with van der Waals surface area (Å²) in [6.45, 7) is 11.3. The van der Waals surface area contributed by atoms with Gasteiger partial charge < -0.3 is 0 Å². The molecular formula is C12H18O. The average Bonchev–Trinajstić information content (AvgIpc) is 2.09. The van der Waals surface area contributed by atoms with Crippen molar-refractivity contribution < 1.29 is 4.79 Å². The van der Waals surface area contributed by atoms with Gasteiger partial charge >= 0.3 is 0 Å². The van der Waals surface area contributed by atoms with E-state index >= 15 is 0 Å². The van der Waals surface area contributed by atoms with Crippen LogP contribution >= 0.6 is 0 Å². The number of carbonyl (C=O) groups excluding carboxylic acids is 1. The van der Waals surface area contributed by atoms with Crippen LogP contribution in [-0.4, -0.2) is 5.78 Å². The van der Waals surface area contributed by atoms with E-state index < -0.39 is 0 Å². The fourth-order valence-electron chi connectivity index (χ4n) is 1.00. The van der Waals surface area contributed by atoms with Crippen molar-refractivity contribution >= 4 is 5.78 Å². The van der Waals surface area contributed by atoms with Crippen LogP contribution in [0.25, 0.3) is 0 Å². The molecule has 0 aromatic heterocycles. The lowest BCUT2D eigenvalue weighted by Crippen LogP contribution is -1.99. The molecule has 0 rings (SSSR count). The van der Waals surface area contributed by atoms with E-state index in [2.05, 4.69) is 20.1 Å². The van der Waals surface area contributed by atoms with E-state index in [1.165, 1.54) is 0 Å². The molecule has 0 amide bonds. The van der Waals surface area contributed by atoms with Crippen molar-refractivity contribution in [2.24, 2.45) is 0 Å². The van der Waals surface area contributed by atoms with Crippen LogP contribution in [0.4, 0.5) is 0 Å². The lowest BCUT2D eigenvalue weighted by Gasteiger charge is -2.00. The summed E-state index contributed by atoms with van der Waals surface area (Å²) in [5, 5.41) is 0. The smallest absolute Gasteiger partial charge is 0.162 e. The zero-order chi connectivity index (χ0) is 10.3. The number of ketones is 1. The number of unbranched alkanes of at least 4 members (excludes halogenated alkanes) is 1. The second-order valence-corrected chi connectivity index (χ2v) is 3.18. The van der Waals surface area contributed by atoms with E-state index in [0.717, 1.165) is 18.4 Å². The van der Waals surface area contributed by atoms with Gasteiger partial charge in [0.2, 0.25) is 0 Å². The minimum Gasteiger partial charge on any atom is -0.294 e. The van der Waals surface area contributed by atoms with Gasteiger partial charge in [-0.15, -0.1) is 0 Å². The van der Waals surface area contributed by atoms with Gasteiger partial charge in [-0.2, -0.15) is 0 Å². The van der Waals surface area contributed by atoms with Crippen molar-refractivity contribution in [1.82, 2.24) is 0 Å². The number of rotatable bonds is 6. The Morgan fingerprint density at radius 1 is 1.46 bits per heavy atom. The van der Waals surface area contributed by atoms with Crippen molar-refractivity contribution in [2.75, 3.05) is 0 Å². The number of hydrogen-bond acceptors (Lipinski definition) is 1. The molecular weight excluding hydrogens is 160 g/mol. The van der Waals surface area contributed by atoms with Crippen LogP contribution in [-0.2, 0) is 4.79 Å². The van der Waals surface area contributed by atoms with Crippen LogP contribution in [0.1, 0.15) is 33.1 Å². The maximum atomic E-state index is 11.5. The van der Waals surface area contributed by atoms with Gasteiger partial charge in [0.05, 0.1) is 0 Å². The maximum absolute atomic E-state index is 11.5. The Kier molecular flexibility index (Phi) is 5.86. The zero-order valence-corrected chi connectivity index (χ0v) is 8.60. The summed E-state index contributed by atoms with van der Waals surface area (Å²) >= 11 is 0. The topological polar surface area (TPSA) is 17.1 Å². The SMILES string of the molecule is C=C/C(=C\C(=C)C)C(=O)CCCC. The molecule has 0 N–H and O–H groups in total. The second-order valence-electron chi connectivity index (χ2n) is 3.18. The Bertz CT molecular complexity index is 234. The molecule has 0 aromatic rings. The third kappa shape index (κ3) is 5.18. The minimum atomic E-state index is 0.167. The highest BCUT2D eigenvalue weighted by molar-refractivity contribution is 5.98. The molecule has 0 aromatic carbocycles. The fraction of sp³-hybridized carbons (Fsp3) is 0.417. The minimum absolute atomic E-state index is 0.167. The van der Waals surface area contributed by atoms with Crippen LogP contribution in [0.2, 0.25) is 0 Å². The van der Waals surface area contributed by atoms with Crippen molar-refractivity contribution in [3.8, 4) is 0 Å². The highest BCUT2D eigenvalue weighted by atomic mass is 16.1. The van der Waals surface area contributed by atoms with Crippen LogP contribution in [0.5, 0.6) is 0 Å². The van der Waals surface area contributed by atoms with Gasteiger partial charge in [0, 0.05) is 12.0 Å². The van der Waals surface area contributed by atoms with E-state index in [-0.39, 0.29) is 5.78 Å². The third-order valence-corrected chi connectivity index (χ3v) is 1.70. The van der Waals surface area contributed by atoms with Gasteiger partial charge in [0.25, 0.3) is 0 Å². The number of allylic oxidation sites excluding steroid dienone is 4. The van der Waals surface area contributed by atoms with E-state index in [1.54, 1.807) is 12.2 Å². The first-order valence-corrected chi connectivity index (χ1v) is 4.64. The second kappa shape index (κ2) is 6.41. The van der Waals surface area contributed by atoms with E-state index in [4.69, 9.17) is 0 Å². The van der Waals surface area contributed by atoms with E-state index in [1.807, 2.05) is 6.92 Å². The Morgan fingerprint density at radius 2 is 2.08 bits per heavy atom. The molecule has 0 aliphatic carbocycles. The van der Waals surface area contributed by atoms with Gasteiger partial charge in [0.15, 0.2) is 5.78 Å². The standard InChI is InChI=1S/C12H18O/c1-5-7-8-12(13)11(6-2)9-10(3)4/h6,9H,2-3,5,7-8H2,1,4H3/b11-9+. The maximum Gasteiger partial charge on any atom is 0.162 e. The summed E-state index contributed by atoms with van der Waals surface area (Å²) in [6, 6.07) is 0. The molecule has 1 nitrogen and oxygen atoms in total. The first-order chi connectivity index (χ1) is 6.11.